The van der Waals surface area contributed by atoms with Crippen LogP contribution in [-0.2, 0) is 16.1 Å². The summed E-state index contributed by atoms with van der Waals surface area (Å²) in [6, 6.07) is 7.94. The van der Waals surface area contributed by atoms with Crippen molar-refractivity contribution >= 4 is 19.7 Å². The maximum atomic E-state index is 12.4. The number of benzene rings is 1. The van der Waals surface area contributed by atoms with Crippen molar-refractivity contribution in [3.63, 3.8) is 0 Å². The Morgan fingerprint density at radius 1 is 1.08 bits per heavy atom. The van der Waals surface area contributed by atoms with Crippen molar-refractivity contribution in [3.05, 3.63) is 29.8 Å². The van der Waals surface area contributed by atoms with E-state index in [0.29, 0.717) is 6.61 Å². The van der Waals surface area contributed by atoms with Crippen molar-refractivity contribution in [2.75, 3.05) is 13.7 Å². The van der Waals surface area contributed by atoms with Crippen LogP contribution in [0.4, 0.5) is 0 Å². The van der Waals surface area contributed by atoms with Crippen LogP contribution in [0.5, 0.6) is 5.75 Å². The molecule has 6 heteroatoms. The average Bonchev–Trinajstić information content (AvgIpc) is 2.45. The fourth-order valence-corrected chi connectivity index (χ4v) is 3.73. The summed E-state index contributed by atoms with van der Waals surface area (Å²) in [5.41, 5.74) is 1.04. The Kier molecular flexibility index (Phi) is 7.60. The molecule has 1 aromatic rings. The summed E-state index contributed by atoms with van der Waals surface area (Å²) < 4.78 is 26.9. The number of ether oxygens (including phenoxy) is 1. The van der Waals surface area contributed by atoms with E-state index in [-0.39, 0.29) is 15.8 Å². The van der Waals surface area contributed by atoms with Crippen LogP contribution in [0, 0.1) is 0 Å². The molecule has 144 valence electrons. The molecule has 0 aliphatic heterocycles. The third-order valence-electron chi connectivity index (χ3n) is 4.60. The zero-order chi connectivity index (χ0) is 19.5. The van der Waals surface area contributed by atoms with E-state index >= 15 is 0 Å². The van der Waals surface area contributed by atoms with Crippen molar-refractivity contribution in [2.45, 2.75) is 70.5 Å². The summed E-state index contributed by atoms with van der Waals surface area (Å²) in [5.74, 6) is 0.892. The van der Waals surface area contributed by atoms with Crippen molar-refractivity contribution in [1.82, 2.24) is 4.72 Å². The number of methoxy groups -OCH3 is 1. The van der Waals surface area contributed by atoms with Gasteiger partial charge >= 0.3 is 0 Å². The molecule has 0 aliphatic carbocycles. The summed E-state index contributed by atoms with van der Waals surface area (Å²) in [4.78, 5) is 0. The molecule has 1 rings (SSSR count). The summed E-state index contributed by atoms with van der Waals surface area (Å²) >= 11 is -1.16. The highest BCUT2D eigenvalue weighted by Gasteiger charge is 2.39. The van der Waals surface area contributed by atoms with Crippen LogP contribution in [0.25, 0.3) is 0 Å². The molecule has 0 saturated heterocycles. The van der Waals surface area contributed by atoms with Gasteiger partial charge in [-0.05, 0) is 56.6 Å². The van der Waals surface area contributed by atoms with Gasteiger partial charge in [0.15, 0.2) is 0 Å². The first-order valence-electron chi connectivity index (χ1n) is 8.74. The van der Waals surface area contributed by atoms with Gasteiger partial charge in [-0.15, -0.1) is 4.72 Å². The van der Waals surface area contributed by atoms with Crippen molar-refractivity contribution in [3.8, 4) is 5.75 Å². The molecule has 0 amide bonds. The molecule has 1 unspecified atom stereocenters. The topological polar surface area (TPSA) is 53.5 Å². The molecule has 0 fully saturated rings. The zero-order valence-electron chi connectivity index (χ0n) is 17.2. The van der Waals surface area contributed by atoms with Gasteiger partial charge in [0.1, 0.15) is 16.5 Å². The molecule has 2 atom stereocenters. The highest BCUT2D eigenvalue weighted by Crippen LogP contribution is 2.37. The van der Waals surface area contributed by atoms with Crippen LogP contribution >= 0.6 is 0 Å². The maximum Gasteiger partial charge on any atom is 0.250 e. The molecule has 0 radical (unpaired) electrons. The zero-order valence-corrected chi connectivity index (χ0v) is 19.0. The minimum Gasteiger partial charge on any atom is -0.598 e. The standard InChI is InChI=1S/C19H35NO3SSi/c1-18(2,3)24(21)20-17(14-22-7)15-10-12-16(13-11-15)23-25(8,9)19(4,5)6/h10-13,17,20H,14H2,1-9H3/t17-,24?/m0/s1. The molecule has 1 N–H and O–H groups in total. The quantitative estimate of drug-likeness (QED) is 0.540. The van der Waals surface area contributed by atoms with E-state index in [1.54, 1.807) is 7.11 Å². The van der Waals surface area contributed by atoms with E-state index in [9.17, 15) is 4.55 Å². The molecule has 0 spiro atoms. The van der Waals surface area contributed by atoms with Crippen molar-refractivity contribution in [2.24, 2.45) is 0 Å². The Balaban J connectivity index is 2.91. The van der Waals surface area contributed by atoms with Crippen LogP contribution in [0.1, 0.15) is 53.1 Å². The van der Waals surface area contributed by atoms with E-state index in [0.717, 1.165) is 11.3 Å². The van der Waals surface area contributed by atoms with Gasteiger partial charge in [-0.25, -0.2) is 0 Å². The molecule has 0 bridgehead atoms. The van der Waals surface area contributed by atoms with E-state index < -0.39 is 19.7 Å². The van der Waals surface area contributed by atoms with E-state index in [1.165, 1.54) is 0 Å². The summed E-state index contributed by atoms with van der Waals surface area (Å²) in [5, 5.41) is 0.162. The van der Waals surface area contributed by atoms with Crippen LogP contribution in [0.2, 0.25) is 18.1 Å². The summed E-state index contributed by atoms with van der Waals surface area (Å²) in [6.07, 6.45) is 0. The van der Waals surface area contributed by atoms with Crippen LogP contribution < -0.4 is 9.15 Å². The molecule has 0 heterocycles. The highest BCUT2D eigenvalue weighted by molar-refractivity contribution is 7.90. The smallest absolute Gasteiger partial charge is 0.250 e. The molecular formula is C19H35NO3SSi. The Morgan fingerprint density at radius 3 is 2.00 bits per heavy atom. The van der Waals surface area contributed by atoms with E-state index in [4.69, 9.17) is 9.16 Å². The first-order valence-corrected chi connectivity index (χ1v) is 12.8. The number of rotatable bonds is 7. The summed E-state index contributed by atoms with van der Waals surface area (Å²) in [7, 11) is -0.189. The first-order chi connectivity index (χ1) is 11.3. The number of nitrogens with one attached hydrogen (secondary N) is 1. The van der Waals surface area contributed by atoms with Gasteiger partial charge in [0, 0.05) is 18.5 Å². The van der Waals surface area contributed by atoms with Crippen LogP contribution in [0.3, 0.4) is 0 Å². The van der Waals surface area contributed by atoms with Gasteiger partial charge in [0.05, 0.1) is 6.61 Å². The van der Waals surface area contributed by atoms with E-state index in [1.807, 2.05) is 45.0 Å². The molecule has 1 aromatic carbocycles. The number of hydrogen-bond donors (Lipinski definition) is 1. The lowest BCUT2D eigenvalue weighted by molar-refractivity contribution is 0.175. The maximum absolute atomic E-state index is 12.4. The second-order valence-electron chi connectivity index (χ2n) is 8.94. The fourth-order valence-electron chi connectivity index (χ4n) is 1.89. The second-order valence-corrected chi connectivity index (χ2v) is 15.7. The molecule has 0 aromatic heterocycles. The third-order valence-corrected chi connectivity index (χ3v) is 10.6. The predicted molar refractivity (Wildman–Crippen MR) is 110 cm³/mol. The minimum absolute atomic E-state index is 0.119. The Labute approximate surface area is 158 Å². The average molecular weight is 386 g/mol. The molecule has 25 heavy (non-hydrogen) atoms. The summed E-state index contributed by atoms with van der Waals surface area (Å²) in [6.45, 7) is 17.5. The van der Waals surface area contributed by atoms with Gasteiger partial charge in [0.2, 0.25) is 8.32 Å². The molecule has 0 saturated carbocycles. The minimum atomic E-state index is -1.85. The third kappa shape index (κ3) is 6.60. The monoisotopic (exact) mass is 385 g/mol. The van der Waals surface area contributed by atoms with E-state index in [2.05, 4.69) is 38.6 Å². The van der Waals surface area contributed by atoms with Gasteiger partial charge < -0.3 is 13.7 Å². The largest absolute Gasteiger partial charge is 0.598 e. The Morgan fingerprint density at radius 2 is 1.60 bits per heavy atom. The van der Waals surface area contributed by atoms with Crippen molar-refractivity contribution in [1.29, 1.82) is 0 Å². The van der Waals surface area contributed by atoms with Crippen LogP contribution in [-0.4, -0.2) is 31.3 Å². The van der Waals surface area contributed by atoms with Crippen LogP contribution in [0.15, 0.2) is 24.3 Å². The second kappa shape index (κ2) is 8.44. The fraction of sp³-hybridized carbons (Fsp3) is 0.684. The first kappa shape index (κ1) is 22.5. The lowest BCUT2D eigenvalue weighted by Gasteiger charge is -2.36. The number of hydrogen-bond acceptors (Lipinski definition) is 4. The Bertz CT molecular complexity index is 535. The SMILES string of the molecule is COC[C@H](N[S+]([O-])C(C)(C)C)c1ccc(O[Si](C)(C)C(C)(C)C)cc1. The lowest BCUT2D eigenvalue weighted by atomic mass is 10.1. The van der Waals surface area contributed by atoms with Crippen molar-refractivity contribution < 1.29 is 13.7 Å². The lowest BCUT2D eigenvalue weighted by Crippen LogP contribution is -2.44. The predicted octanol–water partition coefficient (Wildman–Crippen LogP) is 4.81. The van der Waals surface area contributed by atoms with Gasteiger partial charge in [-0.2, -0.15) is 0 Å². The molecular weight excluding hydrogens is 350 g/mol. The highest BCUT2D eigenvalue weighted by atomic mass is 32.2. The molecule has 0 aliphatic rings. The van der Waals surface area contributed by atoms with Gasteiger partial charge in [-0.3, -0.25) is 0 Å². The molecule has 4 nitrogen and oxygen atoms in total. The van der Waals surface area contributed by atoms with Gasteiger partial charge in [0.25, 0.3) is 0 Å². The normalized spacial score (nSPS) is 15.8. The van der Waals surface area contributed by atoms with Gasteiger partial charge in [-0.1, -0.05) is 32.9 Å². The Hall–Kier alpha value is -0.533.